The highest BCUT2D eigenvalue weighted by atomic mass is 127. The Morgan fingerprint density at radius 3 is 2.67 bits per heavy atom. The number of carbonyl (C=O) groups excluding carboxylic acids is 1. The van der Waals surface area contributed by atoms with Crippen LogP contribution in [0.15, 0.2) is 22.5 Å². The number of ether oxygens (including phenoxy) is 1. The SMILES string of the molecule is CN=C(NCCNC(=O)C1CC1)NCC(c1cccs1)N1CCOCC1.I. The monoisotopic (exact) mass is 507 g/mol. The van der Waals surface area contributed by atoms with Crippen molar-refractivity contribution in [3.63, 3.8) is 0 Å². The maximum Gasteiger partial charge on any atom is 0.223 e. The molecule has 1 aromatic heterocycles. The van der Waals surface area contributed by atoms with Crippen LogP contribution in [0.2, 0.25) is 0 Å². The normalized spacial score (nSPS) is 19.1. The minimum atomic E-state index is 0. The van der Waals surface area contributed by atoms with Gasteiger partial charge in [0.15, 0.2) is 5.96 Å². The van der Waals surface area contributed by atoms with E-state index in [-0.39, 0.29) is 35.8 Å². The predicted molar refractivity (Wildman–Crippen MR) is 120 cm³/mol. The second-order valence-corrected chi connectivity index (χ2v) is 7.60. The third-order valence-corrected chi connectivity index (χ3v) is 5.68. The van der Waals surface area contributed by atoms with Crippen molar-refractivity contribution in [1.82, 2.24) is 20.9 Å². The lowest BCUT2D eigenvalue weighted by atomic mass is 10.2. The molecular weight excluding hydrogens is 477 g/mol. The van der Waals surface area contributed by atoms with Gasteiger partial charge in [0.25, 0.3) is 0 Å². The quantitative estimate of drug-likeness (QED) is 0.215. The molecule has 9 heteroatoms. The zero-order valence-corrected chi connectivity index (χ0v) is 18.9. The summed E-state index contributed by atoms with van der Waals surface area (Å²) in [6.07, 6.45) is 2.07. The fourth-order valence-electron chi connectivity index (χ4n) is 3.05. The molecule has 0 aromatic carbocycles. The molecule has 2 heterocycles. The number of aliphatic imine (C=N–C) groups is 1. The number of carbonyl (C=O) groups is 1. The van der Waals surface area contributed by atoms with Crippen LogP contribution in [0.25, 0.3) is 0 Å². The average Bonchev–Trinajstić information content (AvgIpc) is 3.40. The summed E-state index contributed by atoms with van der Waals surface area (Å²) < 4.78 is 5.49. The number of amides is 1. The fraction of sp³-hybridized carbons (Fsp3) is 0.667. The summed E-state index contributed by atoms with van der Waals surface area (Å²) in [5.74, 6) is 1.20. The Labute approximate surface area is 182 Å². The van der Waals surface area contributed by atoms with Crippen molar-refractivity contribution in [2.24, 2.45) is 10.9 Å². The molecule has 0 radical (unpaired) electrons. The van der Waals surface area contributed by atoms with Crippen LogP contribution >= 0.6 is 35.3 Å². The van der Waals surface area contributed by atoms with E-state index in [1.54, 1.807) is 18.4 Å². The lowest BCUT2D eigenvalue weighted by molar-refractivity contribution is -0.122. The second kappa shape index (κ2) is 11.8. The van der Waals surface area contributed by atoms with E-state index in [4.69, 9.17) is 4.74 Å². The van der Waals surface area contributed by atoms with Gasteiger partial charge in [-0.1, -0.05) is 6.07 Å². The third kappa shape index (κ3) is 7.20. The number of guanidine groups is 1. The molecule has 0 bridgehead atoms. The van der Waals surface area contributed by atoms with Gasteiger partial charge in [-0.25, -0.2) is 0 Å². The standard InChI is InChI=1S/C18H29N5O2S.HI/c1-19-18(21-7-6-20-17(24)14-4-5-14)22-13-15(16-3-2-12-26-16)23-8-10-25-11-9-23;/h2-3,12,14-15H,4-11,13H2,1H3,(H,20,24)(H2,19,21,22);1H. The van der Waals surface area contributed by atoms with Crippen molar-refractivity contribution in [3.8, 4) is 0 Å². The Morgan fingerprint density at radius 2 is 2.04 bits per heavy atom. The van der Waals surface area contributed by atoms with Gasteiger partial charge < -0.3 is 20.7 Å². The zero-order valence-electron chi connectivity index (χ0n) is 15.8. The highest BCUT2D eigenvalue weighted by Crippen LogP contribution is 2.28. The van der Waals surface area contributed by atoms with Crippen molar-refractivity contribution in [2.75, 3.05) is 53.0 Å². The molecule has 0 spiro atoms. The molecule has 1 aromatic rings. The predicted octanol–water partition coefficient (Wildman–Crippen LogP) is 1.43. The van der Waals surface area contributed by atoms with Gasteiger partial charge in [0.05, 0.1) is 19.3 Å². The second-order valence-electron chi connectivity index (χ2n) is 6.62. The molecule has 7 nitrogen and oxygen atoms in total. The van der Waals surface area contributed by atoms with Crippen LogP contribution in [-0.2, 0) is 9.53 Å². The van der Waals surface area contributed by atoms with Gasteiger partial charge in [-0.3, -0.25) is 14.7 Å². The smallest absolute Gasteiger partial charge is 0.223 e. The molecule has 3 rings (SSSR count). The van der Waals surface area contributed by atoms with Crippen LogP contribution in [0.3, 0.4) is 0 Å². The maximum absolute atomic E-state index is 11.6. The van der Waals surface area contributed by atoms with Crippen molar-refractivity contribution in [2.45, 2.75) is 18.9 Å². The van der Waals surface area contributed by atoms with Crippen molar-refractivity contribution in [1.29, 1.82) is 0 Å². The molecule has 3 N–H and O–H groups in total. The highest BCUT2D eigenvalue weighted by molar-refractivity contribution is 14.0. The summed E-state index contributed by atoms with van der Waals surface area (Å²) in [6.45, 7) is 5.54. The van der Waals surface area contributed by atoms with Crippen LogP contribution in [0.1, 0.15) is 23.8 Å². The van der Waals surface area contributed by atoms with E-state index in [1.807, 2.05) is 0 Å². The first-order valence-electron chi connectivity index (χ1n) is 9.35. The van der Waals surface area contributed by atoms with E-state index in [2.05, 4.69) is 43.4 Å². The summed E-state index contributed by atoms with van der Waals surface area (Å²) in [7, 11) is 1.77. The summed E-state index contributed by atoms with van der Waals surface area (Å²) in [4.78, 5) is 19.8. The van der Waals surface area contributed by atoms with E-state index in [0.717, 1.165) is 51.6 Å². The summed E-state index contributed by atoms with van der Waals surface area (Å²) in [5.41, 5.74) is 0. The van der Waals surface area contributed by atoms with E-state index < -0.39 is 0 Å². The molecule has 1 unspecified atom stereocenters. The van der Waals surface area contributed by atoms with E-state index in [0.29, 0.717) is 19.1 Å². The Balaban J connectivity index is 0.00000261. The summed E-state index contributed by atoms with van der Waals surface area (Å²) in [6, 6.07) is 4.60. The number of morpholine rings is 1. The minimum Gasteiger partial charge on any atom is -0.379 e. The molecule has 1 amide bonds. The van der Waals surface area contributed by atoms with Gasteiger partial charge in [-0.2, -0.15) is 0 Å². The first-order chi connectivity index (χ1) is 12.8. The minimum absolute atomic E-state index is 0. The number of hydrogen-bond acceptors (Lipinski definition) is 5. The molecule has 1 saturated carbocycles. The van der Waals surface area contributed by atoms with Crippen molar-refractivity contribution >= 4 is 47.2 Å². The van der Waals surface area contributed by atoms with Crippen LogP contribution < -0.4 is 16.0 Å². The highest BCUT2D eigenvalue weighted by Gasteiger charge is 2.29. The Hall–Kier alpha value is -0.910. The van der Waals surface area contributed by atoms with Gasteiger partial charge in [0.1, 0.15) is 0 Å². The number of halogens is 1. The first-order valence-corrected chi connectivity index (χ1v) is 10.2. The van der Waals surface area contributed by atoms with Gasteiger partial charge in [-0.15, -0.1) is 35.3 Å². The van der Waals surface area contributed by atoms with Crippen LogP contribution in [0, 0.1) is 5.92 Å². The van der Waals surface area contributed by atoms with Gasteiger partial charge >= 0.3 is 0 Å². The van der Waals surface area contributed by atoms with Gasteiger partial charge in [-0.05, 0) is 24.3 Å². The largest absolute Gasteiger partial charge is 0.379 e. The lowest BCUT2D eigenvalue weighted by Gasteiger charge is -2.34. The Kier molecular flexibility index (Phi) is 9.80. The van der Waals surface area contributed by atoms with Crippen LogP contribution in [-0.4, -0.2) is 69.8 Å². The third-order valence-electron chi connectivity index (χ3n) is 4.71. The summed E-state index contributed by atoms with van der Waals surface area (Å²) in [5, 5.41) is 11.8. The summed E-state index contributed by atoms with van der Waals surface area (Å²) >= 11 is 1.79. The maximum atomic E-state index is 11.6. The molecule has 152 valence electrons. The molecule has 27 heavy (non-hydrogen) atoms. The average molecular weight is 507 g/mol. The van der Waals surface area contributed by atoms with Crippen molar-refractivity contribution in [3.05, 3.63) is 22.4 Å². The number of nitrogens with zero attached hydrogens (tertiary/aromatic N) is 2. The van der Waals surface area contributed by atoms with E-state index in [9.17, 15) is 4.79 Å². The molecule has 1 aliphatic heterocycles. The van der Waals surface area contributed by atoms with Crippen molar-refractivity contribution < 1.29 is 9.53 Å². The number of rotatable bonds is 8. The Bertz CT molecular complexity index is 589. The number of thiophene rings is 1. The topological polar surface area (TPSA) is 78.0 Å². The van der Waals surface area contributed by atoms with Crippen LogP contribution in [0.5, 0.6) is 0 Å². The van der Waals surface area contributed by atoms with E-state index in [1.165, 1.54) is 4.88 Å². The number of nitrogens with one attached hydrogen (secondary N) is 3. The van der Waals surface area contributed by atoms with Crippen LogP contribution in [0.4, 0.5) is 0 Å². The number of hydrogen-bond donors (Lipinski definition) is 3. The van der Waals surface area contributed by atoms with E-state index >= 15 is 0 Å². The molecule has 1 saturated heterocycles. The zero-order chi connectivity index (χ0) is 18.2. The molecule has 2 fully saturated rings. The molecule has 2 aliphatic rings. The van der Waals surface area contributed by atoms with Gasteiger partial charge in [0, 0.05) is 50.6 Å². The first kappa shape index (κ1) is 22.4. The fourth-order valence-corrected chi connectivity index (χ4v) is 3.91. The molecular formula is C18H30IN5O2S. The lowest BCUT2D eigenvalue weighted by Crippen LogP contribution is -2.47. The Morgan fingerprint density at radius 1 is 1.30 bits per heavy atom. The molecule has 1 aliphatic carbocycles. The van der Waals surface area contributed by atoms with Gasteiger partial charge in [0.2, 0.25) is 5.91 Å². The molecule has 1 atom stereocenters.